The molecule has 5 nitrogen and oxygen atoms in total. The van der Waals surface area contributed by atoms with Gasteiger partial charge >= 0.3 is 6.18 Å². The number of hydroxylamine groups is 2. The molecule has 2 rings (SSSR count). The minimum atomic E-state index is -4.47. The van der Waals surface area contributed by atoms with Crippen LogP contribution in [0.2, 0.25) is 0 Å². The van der Waals surface area contributed by atoms with Crippen LogP contribution in [-0.2, 0) is 4.84 Å². The van der Waals surface area contributed by atoms with Crippen molar-refractivity contribution in [3.05, 3.63) is 35.4 Å². The zero-order valence-electron chi connectivity index (χ0n) is 9.02. The lowest BCUT2D eigenvalue weighted by Crippen LogP contribution is -2.27. The van der Waals surface area contributed by atoms with E-state index in [9.17, 15) is 18.0 Å². The van der Waals surface area contributed by atoms with Gasteiger partial charge in [0, 0.05) is 5.56 Å². The number of hydrogen-bond donors (Lipinski definition) is 2. The molecule has 1 heterocycles. The molecule has 1 aliphatic rings. The maximum atomic E-state index is 12.3. The van der Waals surface area contributed by atoms with Crippen LogP contribution in [0.5, 0.6) is 0 Å². The Morgan fingerprint density at radius 1 is 1.33 bits per heavy atom. The lowest BCUT2D eigenvalue weighted by Gasteiger charge is -2.11. The topological polar surface area (TPSA) is 84.7 Å². The van der Waals surface area contributed by atoms with E-state index < -0.39 is 24.5 Å². The van der Waals surface area contributed by atoms with Gasteiger partial charge in [-0.3, -0.25) is 9.63 Å². The number of primary amides is 1. The molecular weight excluding hydrogens is 251 g/mol. The Balaban J connectivity index is 2.07. The van der Waals surface area contributed by atoms with E-state index in [0.717, 1.165) is 0 Å². The highest BCUT2D eigenvalue weighted by Crippen LogP contribution is 2.40. The fraction of sp³-hybridized carbons (Fsp3) is 0.300. The highest BCUT2D eigenvalue weighted by atomic mass is 19.4. The maximum Gasteiger partial charge on any atom is 0.432 e. The van der Waals surface area contributed by atoms with E-state index in [4.69, 9.17) is 11.5 Å². The van der Waals surface area contributed by atoms with Crippen molar-refractivity contribution in [1.82, 2.24) is 5.06 Å². The van der Waals surface area contributed by atoms with Gasteiger partial charge in [-0.1, -0.05) is 12.1 Å². The van der Waals surface area contributed by atoms with Crippen molar-refractivity contribution < 1.29 is 22.8 Å². The first-order valence-corrected chi connectivity index (χ1v) is 4.98. The Labute approximate surface area is 100 Å². The van der Waals surface area contributed by atoms with Gasteiger partial charge in [0.1, 0.15) is 6.17 Å². The van der Waals surface area contributed by atoms with Crippen molar-refractivity contribution in [2.75, 3.05) is 0 Å². The third kappa shape index (κ3) is 2.45. The highest BCUT2D eigenvalue weighted by molar-refractivity contribution is 5.92. The summed E-state index contributed by atoms with van der Waals surface area (Å²) in [6, 6.07) is 5.65. The quantitative estimate of drug-likeness (QED) is 0.791. The van der Waals surface area contributed by atoms with E-state index in [0.29, 0.717) is 10.6 Å². The zero-order valence-corrected chi connectivity index (χ0v) is 9.02. The van der Waals surface area contributed by atoms with Crippen LogP contribution in [0.25, 0.3) is 0 Å². The summed E-state index contributed by atoms with van der Waals surface area (Å²) >= 11 is 0. The van der Waals surface area contributed by atoms with Crippen molar-refractivity contribution >= 4 is 5.91 Å². The number of amides is 1. The number of alkyl halides is 3. The monoisotopic (exact) mass is 261 g/mol. The first kappa shape index (κ1) is 12.8. The van der Waals surface area contributed by atoms with Crippen LogP contribution in [0.4, 0.5) is 13.2 Å². The number of carbonyl (C=O) groups excluding carboxylic acids is 1. The molecule has 18 heavy (non-hydrogen) atoms. The smallest absolute Gasteiger partial charge is 0.366 e. The van der Waals surface area contributed by atoms with Crippen LogP contribution in [0, 0.1) is 0 Å². The van der Waals surface area contributed by atoms with Gasteiger partial charge in [-0.15, -0.1) is 5.06 Å². The second kappa shape index (κ2) is 4.23. The Morgan fingerprint density at radius 3 is 2.28 bits per heavy atom. The Bertz CT molecular complexity index is 460. The van der Waals surface area contributed by atoms with E-state index in [1.807, 2.05) is 0 Å². The summed E-state index contributed by atoms with van der Waals surface area (Å²) < 4.78 is 36.8. The molecule has 98 valence electrons. The summed E-state index contributed by atoms with van der Waals surface area (Å²) in [5, 5.41) is 0.638. The number of benzene rings is 1. The van der Waals surface area contributed by atoms with Crippen LogP contribution in [0.15, 0.2) is 24.3 Å². The molecule has 0 aromatic heterocycles. The average Bonchev–Trinajstić information content (AvgIpc) is 3.07. The van der Waals surface area contributed by atoms with E-state index in [1.165, 1.54) is 24.3 Å². The summed E-state index contributed by atoms with van der Waals surface area (Å²) in [6.07, 6.45) is -7.48. The van der Waals surface area contributed by atoms with Gasteiger partial charge < -0.3 is 11.5 Å². The number of nitrogens with zero attached hydrogens (tertiary/aromatic N) is 1. The summed E-state index contributed by atoms with van der Waals surface area (Å²) in [7, 11) is 0. The second-order valence-corrected chi connectivity index (χ2v) is 3.79. The molecule has 0 bridgehead atoms. The first-order valence-electron chi connectivity index (χ1n) is 4.98. The molecular formula is C10H10F3N3O2. The molecule has 0 spiro atoms. The maximum absolute atomic E-state index is 12.3. The molecule has 1 saturated heterocycles. The summed E-state index contributed by atoms with van der Waals surface area (Å²) in [5.74, 6) is -0.619. The van der Waals surface area contributed by atoms with Gasteiger partial charge in [-0.05, 0) is 17.7 Å². The summed E-state index contributed by atoms with van der Waals surface area (Å²) in [6.45, 7) is 0. The number of carbonyl (C=O) groups is 1. The molecule has 1 fully saturated rings. The molecule has 1 aromatic carbocycles. The van der Waals surface area contributed by atoms with Crippen molar-refractivity contribution in [1.29, 1.82) is 0 Å². The molecule has 0 aliphatic carbocycles. The standard InChI is InChI=1S/C10H10F3N3O2/c11-10(12,13)9-16(18-9)7(14)5-1-3-6(4-2-5)8(15)17/h1-4,7,9H,14H2,(H2,15,17)/t7?,9?,16-/m0/s1. The molecule has 1 amide bonds. The molecule has 1 aliphatic heterocycles. The summed E-state index contributed by atoms with van der Waals surface area (Å²) in [5.41, 5.74) is 11.3. The third-order valence-electron chi connectivity index (χ3n) is 2.50. The van der Waals surface area contributed by atoms with Crippen LogP contribution < -0.4 is 11.5 Å². The average molecular weight is 261 g/mol. The fourth-order valence-corrected chi connectivity index (χ4v) is 1.50. The summed E-state index contributed by atoms with van der Waals surface area (Å²) in [4.78, 5) is 15.2. The second-order valence-electron chi connectivity index (χ2n) is 3.79. The number of rotatable bonds is 3. The molecule has 0 saturated carbocycles. The van der Waals surface area contributed by atoms with Crippen LogP contribution in [-0.4, -0.2) is 23.4 Å². The number of halogens is 3. The highest BCUT2D eigenvalue weighted by Gasteiger charge is 2.59. The van der Waals surface area contributed by atoms with E-state index in [1.54, 1.807) is 0 Å². The molecule has 0 radical (unpaired) electrons. The number of hydrogen-bond acceptors (Lipinski definition) is 4. The lowest BCUT2D eigenvalue weighted by atomic mass is 10.1. The Kier molecular flexibility index (Phi) is 3.01. The van der Waals surface area contributed by atoms with E-state index in [-0.39, 0.29) is 5.56 Å². The van der Waals surface area contributed by atoms with Gasteiger partial charge in [0.25, 0.3) is 6.23 Å². The molecule has 8 heteroatoms. The van der Waals surface area contributed by atoms with Crippen molar-refractivity contribution in [2.45, 2.75) is 18.6 Å². The Hall–Kier alpha value is -1.64. The molecule has 2 unspecified atom stereocenters. The normalized spacial score (nSPS) is 24.7. The van der Waals surface area contributed by atoms with Gasteiger partial charge in [-0.2, -0.15) is 13.2 Å². The third-order valence-corrected chi connectivity index (χ3v) is 2.50. The van der Waals surface area contributed by atoms with E-state index in [2.05, 4.69) is 4.84 Å². The largest absolute Gasteiger partial charge is 0.432 e. The fourth-order valence-electron chi connectivity index (χ4n) is 1.50. The van der Waals surface area contributed by atoms with E-state index >= 15 is 0 Å². The number of nitrogens with two attached hydrogens (primary N) is 2. The molecule has 1 aromatic rings. The lowest BCUT2D eigenvalue weighted by molar-refractivity contribution is -0.148. The van der Waals surface area contributed by atoms with Crippen molar-refractivity contribution in [2.24, 2.45) is 11.5 Å². The van der Waals surface area contributed by atoms with Crippen LogP contribution >= 0.6 is 0 Å². The molecule has 4 N–H and O–H groups in total. The first-order chi connectivity index (χ1) is 8.30. The minimum Gasteiger partial charge on any atom is -0.366 e. The predicted molar refractivity (Wildman–Crippen MR) is 54.7 cm³/mol. The SMILES string of the molecule is NC(=O)c1ccc(C(N)[N@]2OC2C(F)(F)F)cc1. The predicted octanol–water partition coefficient (Wildman–Crippen LogP) is 0.878. The molecule has 3 atom stereocenters. The minimum absolute atomic E-state index is 0.255. The zero-order chi connectivity index (χ0) is 13.5. The van der Waals surface area contributed by atoms with Crippen molar-refractivity contribution in [3.63, 3.8) is 0 Å². The van der Waals surface area contributed by atoms with Gasteiger partial charge in [0.15, 0.2) is 0 Å². The van der Waals surface area contributed by atoms with Crippen LogP contribution in [0.3, 0.4) is 0 Å². The van der Waals surface area contributed by atoms with Gasteiger partial charge in [-0.25, -0.2) is 0 Å². The van der Waals surface area contributed by atoms with Gasteiger partial charge in [0.05, 0.1) is 0 Å². The Morgan fingerprint density at radius 2 is 1.89 bits per heavy atom. The van der Waals surface area contributed by atoms with Crippen LogP contribution in [0.1, 0.15) is 22.1 Å². The van der Waals surface area contributed by atoms with Crippen molar-refractivity contribution in [3.8, 4) is 0 Å². The van der Waals surface area contributed by atoms with Gasteiger partial charge in [0.2, 0.25) is 5.91 Å².